The SMILES string of the molecule is c1ccc(-c2nc(-c3ccccc3)nc(-c3cccc(-c4cccc(-c5nc(-c6ccccc6)nc(-c6ccc(N7c8ccccc8Oc8ccccc87)cc6)n5)c4)c3)n2)cc1. The van der Waals surface area contributed by atoms with E-state index in [-0.39, 0.29) is 0 Å². The summed E-state index contributed by atoms with van der Waals surface area (Å²) in [6, 6.07) is 71.2. The molecule has 0 N–H and O–H groups in total. The normalized spacial score (nSPS) is 11.6. The molecule has 0 aliphatic carbocycles. The van der Waals surface area contributed by atoms with Crippen LogP contribution in [0.25, 0.3) is 79.5 Å². The molecule has 62 heavy (non-hydrogen) atoms. The van der Waals surface area contributed by atoms with Crippen LogP contribution in [-0.4, -0.2) is 29.9 Å². The monoisotopic (exact) mass is 797 g/mol. The summed E-state index contributed by atoms with van der Waals surface area (Å²) in [5.74, 6) is 5.19. The lowest BCUT2D eigenvalue weighted by molar-refractivity contribution is 0.477. The second-order valence-electron chi connectivity index (χ2n) is 14.8. The van der Waals surface area contributed by atoms with Gasteiger partial charge in [-0.15, -0.1) is 0 Å². The molecule has 0 atom stereocenters. The van der Waals surface area contributed by atoms with Gasteiger partial charge in [0, 0.05) is 39.1 Å². The van der Waals surface area contributed by atoms with Gasteiger partial charge in [-0.05, 0) is 71.8 Å². The number of hydrogen-bond acceptors (Lipinski definition) is 8. The van der Waals surface area contributed by atoms with E-state index < -0.39 is 0 Å². The zero-order chi connectivity index (χ0) is 41.2. The smallest absolute Gasteiger partial charge is 0.164 e. The number of benzene rings is 8. The fraction of sp³-hybridized carbons (Fsp3) is 0. The van der Waals surface area contributed by atoms with Gasteiger partial charge in [-0.1, -0.05) is 152 Å². The molecule has 11 rings (SSSR count). The van der Waals surface area contributed by atoms with Crippen molar-refractivity contribution >= 4 is 17.1 Å². The second-order valence-corrected chi connectivity index (χ2v) is 14.8. The summed E-state index contributed by atoms with van der Waals surface area (Å²) < 4.78 is 6.26. The minimum atomic E-state index is 0.574. The number of rotatable bonds is 8. The fourth-order valence-corrected chi connectivity index (χ4v) is 7.71. The predicted octanol–water partition coefficient (Wildman–Crippen LogP) is 13.3. The van der Waals surface area contributed by atoms with E-state index in [9.17, 15) is 0 Å². The van der Waals surface area contributed by atoms with Gasteiger partial charge in [0.1, 0.15) is 0 Å². The molecular weight excluding hydrogens is 763 g/mol. The fourth-order valence-electron chi connectivity index (χ4n) is 7.71. The van der Waals surface area contributed by atoms with Gasteiger partial charge in [-0.25, -0.2) is 29.9 Å². The third kappa shape index (κ3) is 7.12. The summed E-state index contributed by atoms with van der Waals surface area (Å²) in [4.78, 5) is 32.2. The molecule has 1 aliphatic rings. The Morgan fingerprint density at radius 2 is 0.565 bits per heavy atom. The van der Waals surface area contributed by atoms with Gasteiger partial charge in [0.15, 0.2) is 46.4 Å². The summed E-state index contributed by atoms with van der Waals surface area (Å²) in [5.41, 5.74) is 10.3. The highest BCUT2D eigenvalue weighted by atomic mass is 16.5. The molecule has 8 nitrogen and oxygen atoms in total. The van der Waals surface area contributed by atoms with Gasteiger partial charge in [0.2, 0.25) is 0 Å². The molecule has 0 unspecified atom stereocenters. The standard InChI is InChI=1S/C54H35N7O/c1-4-16-36(17-5-1)49-55-50(37-18-6-2-7-19-37)58-53(57-49)42-24-14-22-40(34-42)41-23-15-25-43(35-41)54-59-51(38-20-8-3-9-21-38)56-52(60-54)39-30-32-44(33-31-39)61-45-26-10-12-28-47(45)62-48-29-13-11-27-46(48)61/h1-35H. The Bertz CT molecular complexity index is 3110. The number of hydrogen-bond donors (Lipinski definition) is 0. The summed E-state index contributed by atoms with van der Waals surface area (Å²) in [6.45, 7) is 0. The first-order valence-electron chi connectivity index (χ1n) is 20.4. The Morgan fingerprint density at radius 3 is 0.968 bits per heavy atom. The first kappa shape index (κ1) is 36.5. The van der Waals surface area contributed by atoms with Crippen molar-refractivity contribution in [3.8, 4) is 91.0 Å². The third-order valence-electron chi connectivity index (χ3n) is 10.8. The maximum atomic E-state index is 6.26. The number of para-hydroxylation sites is 4. The van der Waals surface area contributed by atoms with E-state index >= 15 is 0 Å². The van der Waals surface area contributed by atoms with E-state index in [4.69, 9.17) is 34.6 Å². The molecule has 0 spiro atoms. The Balaban J connectivity index is 0.964. The van der Waals surface area contributed by atoms with Crippen molar-refractivity contribution in [3.63, 3.8) is 0 Å². The Hall–Kier alpha value is -8.62. The molecule has 0 radical (unpaired) electrons. The third-order valence-corrected chi connectivity index (χ3v) is 10.8. The molecule has 2 aromatic heterocycles. The number of nitrogens with zero attached hydrogens (tertiary/aromatic N) is 7. The summed E-state index contributed by atoms with van der Waals surface area (Å²) in [7, 11) is 0. The molecular formula is C54H35N7O. The summed E-state index contributed by atoms with van der Waals surface area (Å²) in [6.07, 6.45) is 0. The summed E-state index contributed by atoms with van der Waals surface area (Å²) in [5, 5.41) is 0. The van der Waals surface area contributed by atoms with Crippen molar-refractivity contribution in [2.24, 2.45) is 0 Å². The lowest BCUT2D eigenvalue weighted by Crippen LogP contribution is -2.15. The van der Waals surface area contributed by atoms with E-state index in [1.54, 1.807) is 0 Å². The molecule has 1 aliphatic heterocycles. The lowest BCUT2D eigenvalue weighted by atomic mass is 10.0. The van der Waals surface area contributed by atoms with E-state index in [1.165, 1.54) is 0 Å². The first-order chi connectivity index (χ1) is 30.7. The lowest BCUT2D eigenvalue weighted by Gasteiger charge is -2.32. The predicted molar refractivity (Wildman–Crippen MR) is 246 cm³/mol. The first-order valence-corrected chi connectivity index (χ1v) is 20.4. The van der Waals surface area contributed by atoms with Gasteiger partial charge in [-0.2, -0.15) is 0 Å². The molecule has 0 fully saturated rings. The molecule has 292 valence electrons. The molecule has 8 heteroatoms. The van der Waals surface area contributed by atoms with Crippen LogP contribution in [0.3, 0.4) is 0 Å². The van der Waals surface area contributed by atoms with E-state index in [1.807, 2.05) is 152 Å². The largest absolute Gasteiger partial charge is 0.453 e. The molecule has 0 amide bonds. The van der Waals surface area contributed by atoms with E-state index in [2.05, 4.69) is 65.6 Å². The van der Waals surface area contributed by atoms with Crippen molar-refractivity contribution in [1.82, 2.24) is 29.9 Å². The average Bonchev–Trinajstić information content (AvgIpc) is 3.36. The molecule has 0 saturated carbocycles. The van der Waals surface area contributed by atoms with Gasteiger partial charge in [0.25, 0.3) is 0 Å². The van der Waals surface area contributed by atoms with Crippen molar-refractivity contribution < 1.29 is 4.74 Å². The number of ether oxygens (including phenoxy) is 1. The highest BCUT2D eigenvalue weighted by molar-refractivity contribution is 5.87. The second kappa shape index (κ2) is 15.9. The van der Waals surface area contributed by atoms with Gasteiger partial charge < -0.3 is 9.64 Å². The Morgan fingerprint density at radius 1 is 0.258 bits per heavy atom. The van der Waals surface area contributed by atoms with E-state index in [0.29, 0.717) is 34.9 Å². The van der Waals surface area contributed by atoms with Crippen molar-refractivity contribution in [1.29, 1.82) is 0 Å². The molecule has 0 bridgehead atoms. The minimum Gasteiger partial charge on any atom is -0.453 e. The maximum absolute atomic E-state index is 6.26. The summed E-state index contributed by atoms with van der Waals surface area (Å²) >= 11 is 0. The van der Waals surface area contributed by atoms with Crippen molar-refractivity contribution in [2.75, 3.05) is 4.90 Å². The van der Waals surface area contributed by atoms with Crippen LogP contribution in [0.5, 0.6) is 11.5 Å². The zero-order valence-electron chi connectivity index (χ0n) is 33.2. The van der Waals surface area contributed by atoms with Crippen LogP contribution in [0, 0.1) is 0 Å². The molecule has 8 aromatic carbocycles. The number of fused-ring (bicyclic) bond motifs is 2. The van der Waals surface area contributed by atoms with E-state index in [0.717, 1.165) is 73.1 Å². The van der Waals surface area contributed by atoms with Gasteiger partial charge >= 0.3 is 0 Å². The quantitative estimate of drug-likeness (QED) is 0.150. The minimum absolute atomic E-state index is 0.574. The maximum Gasteiger partial charge on any atom is 0.164 e. The number of anilines is 3. The van der Waals surface area contributed by atoms with Crippen molar-refractivity contribution in [3.05, 3.63) is 212 Å². The highest BCUT2D eigenvalue weighted by Gasteiger charge is 2.25. The van der Waals surface area contributed by atoms with Crippen LogP contribution in [0.15, 0.2) is 212 Å². The molecule has 3 heterocycles. The topological polar surface area (TPSA) is 89.8 Å². The Kier molecular flexibility index (Phi) is 9.33. The van der Waals surface area contributed by atoms with Gasteiger partial charge in [-0.3, -0.25) is 0 Å². The Labute approximate surface area is 358 Å². The van der Waals surface area contributed by atoms with Crippen LogP contribution >= 0.6 is 0 Å². The zero-order valence-corrected chi connectivity index (χ0v) is 33.2. The highest BCUT2D eigenvalue weighted by Crippen LogP contribution is 2.50. The van der Waals surface area contributed by atoms with Crippen LogP contribution in [0.1, 0.15) is 0 Å². The van der Waals surface area contributed by atoms with Crippen LogP contribution in [0.4, 0.5) is 17.1 Å². The van der Waals surface area contributed by atoms with Gasteiger partial charge in [0.05, 0.1) is 11.4 Å². The van der Waals surface area contributed by atoms with Crippen molar-refractivity contribution in [2.45, 2.75) is 0 Å². The molecule has 0 saturated heterocycles. The number of aromatic nitrogens is 6. The van der Waals surface area contributed by atoms with Crippen LogP contribution in [-0.2, 0) is 0 Å². The van der Waals surface area contributed by atoms with Crippen LogP contribution in [0.2, 0.25) is 0 Å². The molecule has 10 aromatic rings. The average molecular weight is 798 g/mol. The van der Waals surface area contributed by atoms with Crippen LogP contribution < -0.4 is 9.64 Å².